The minimum Gasteiger partial charge on any atom is -0.481 e. The quantitative estimate of drug-likeness (QED) is 0.494. The number of hydrogen-bond donors (Lipinski definition) is 2. The van der Waals surface area contributed by atoms with Crippen LogP contribution >= 0.6 is 0 Å². The van der Waals surface area contributed by atoms with Gasteiger partial charge in [0.25, 0.3) is 0 Å². The van der Waals surface area contributed by atoms with E-state index in [9.17, 15) is 14.7 Å². The highest BCUT2D eigenvalue weighted by molar-refractivity contribution is 5.69. The van der Waals surface area contributed by atoms with Crippen molar-refractivity contribution in [1.29, 1.82) is 0 Å². The van der Waals surface area contributed by atoms with Crippen LogP contribution in [0.15, 0.2) is 54.6 Å². The topological polar surface area (TPSA) is 75.6 Å². The van der Waals surface area contributed by atoms with E-state index >= 15 is 0 Å². The number of rotatable bonds is 4. The molecule has 5 nitrogen and oxygen atoms in total. The fourth-order valence-corrected chi connectivity index (χ4v) is 5.98. The minimum absolute atomic E-state index is 0.0867. The monoisotopic (exact) mass is 477 g/mol. The number of carbonyl (C=O) groups is 2. The molecular weight excluding hydrogens is 438 g/mol. The molecule has 2 aliphatic rings. The second-order valence-electron chi connectivity index (χ2n) is 10.4. The number of carboxylic acid groups (broad SMARTS) is 1. The van der Waals surface area contributed by atoms with Crippen LogP contribution in [0.2, 0.25) is 0 Å². The Bertz CT molecular complexity index is 960. The highest BCUT2D eigenvalue weighted by atomic mass is 16.5. The van der Waals surface area contributed by atoms with E-state index in [1.807, 2.05) is 30.3 Å². The smallest absolute Gasteiger partial charge is 0.407 e. The third-order valence-electron chi connectivity index (χ3n) is 8.00. The molecule has 0 saturated heterocycles. The Labute approximate surface area is 209 Å². The van der Waals surface area contributed by atoms with Crippen LogP contribution in [-0.2, 0) is 22.6 Å². The molecule has 1 amide bonds. The molecule has 0 radical (unpaired) electrons. The number of carbonyl (C=O) groups excluding carboxylic acids is 1. The van der Waals surface area contributed by atoms with Crippen LogP contribution in [0, 0.1) is 17.8 Å². The molecule has 0 aromatic heterocycles. The lowest BCUT2D eigenvalue weighted by atomic mass is 9.83. The van der Waals surface area contributed by atoms with Gasteiger partial charge >= 0.3 is 12.1 Å². The number of carboxylic acids is 1. The number of amides is 1. The molecule has 2 aliphatic carbocycles. The zero-order chi connectivity index (χ0) is 24.5. The number of hydrogen-bond acceptors (Lipinski definition) is 3. The first-order valence-electron chi connectivity index (χ1n) is 13.4. The number of ether oxygens (including phenoxy) is 1. The molecule has 2 aromatic rings. The van der Waals surface area contributed by atoms with Crippen molar-refractivity contribution in [3.05, 3.63) is 71.3 Å². The van der Waals surface area contributed by atoms with Gasteiger partial charge in [-0.05, 0) is 73.5 Å². The molecule has 0 spiro atoms. The first-order chi connectivity index (χ1) is 17.1. The van der Waals surface area contributed by atoms with Crippen molar-refractivity contribution >= 4 is 12.1 Å². The first-order valence-corrected chi connectivity index (χ1v) is 13.4. The zero-order valence-electron chi connectivity index (χ0n) is 20.7. The molecule has 4 unspecified atom stereocenters. The molecule has 5 heteroatoms. The van der Waals surface area contributed by atoms with E-state index in [0.717, 1.165) is 62.5 Å². The molecule has 0 aliphatic heterocycles. The lowest BCUT2D eigenvalue weighted by Gasteiger charge is -2.25. The molecule has 0 heterocycles. The van der Waals surface area contributed by atoms with Crippen LogP contribution in [-0.4, -0.2) is 17.2 Å². The van der Waals surface area contributed by atoms with E-state index < -0.39 is 5.97 Å². The van der Waals surface area contributed by atoms with E-state index in [1.54, 1.807) is 0 Å². The Hall–Kier alpha value is -2.82. The van der Waals surface area contributed by atoms with Crippen molar-refractivity contribution < 1.29 is 19.4 Å². The van der Waals surface area contributed by atoms with Gasteiger partial charge in [0.15, 0.2) is 0 Å². The molecule has 2 N–H and O–H groups in total. The van der Waals surface area contributed by atoms with Crippen LogP contribution in [0.4, 0.5) is 4.79 Å². The number of nitrogens with one attached hydrogen (secondary N) is 1. The lowest BCUT2D eigenvalue weighted by Crippen LogP contribution is -2.30. The highest BCUT2D eigenvalue weighted by Gasteiger charge is 2.30. The Kier molecular flexibility index (Phi) is 9.21. The SMILES string of the molecule is O=C(NC1CCC2CCCC2CCC(C(=O)O)CCCCc2cccc1c2)OCc1ccccc1. The number of aliphatic carboxylic acids is 1. The average Bonchev–Trinajstić information content (AvgIpc) is 3.32. The first kappa shape index (κ1) is 25.3. The molecule has 4 rings (SSSR count). The Morgan fingerprint density at radius 3 is 2.37 bits per heavy atom. The summed E-state index contributed by atoms with van der Waals surface area (Å²) in [6, 6.07) is 18.2. The molecule has 1 fully saturated rings. The van der Waals surface area contributed by atoms with Crippen molar-refractivity contribution in [2.75, 3.05) is 0 Å². The summed E-state index contributed by atoms with van der Waals surface area (Å²) >= 11 is 0. The van der Waals surface area contributed by atoms with Crippen molar-refractivity contribution in [3.63, 3.8) is 0 Å². The van der Waals surface area contributed by atoms with Gasteiger partial charge in [-0.15, -0.1) is 0 Å². The summed E-state index contributed by atoms with van der Waals surface area (Å²) in [5.41, 5.74) is 3.35. The van der Waals surface area contributed by atoms with Crippen LogP contribution in [0.3, 0.4) is 0 Å². The number of aryl methyl sites for hydroxylation is 1. The Morgan fingerprint density at radius 1 is 0.829 bits per heavy atom. The normalized spacial score (nSPS) is 25.5. The van der Waals surface area contributed by atoms with Crippen molar-refractivity contribution in [1.82, 2.24) is 5.32 Å². The molecule has 2 bridgehead atoms. The lowest BCUT2D eigenvalue weighted by molar-refractivity contribution is -0.142. The zero-order valence-corrected chi connectivity index (χ0v) is 20.7. The minimum atomic E-state index is -0.635. The maximum atomic E-state index is 12.7. The predicted octanol–water partition coefficient (Wildman–Crippen LogP) is 7.06. The third-order valence-corrected chi connectivity index (χ3v) is 8.00. The van der Waals surface area contributed by atoms with E-state index in [1.165, 1.54) is 24.8 Å². The van der Waals surface area contributed by atoms with E-state index in [-0.39, 0.29) is 24.7 Å². The van der Waals surface area contributed by atoms with Gasteiger partial charge in [0, 0.05) is 0 Å². The predicted molar refractivity (Wildman–Crippen MR) is 137 cm³/mol. The van der Waals surface area contributed by atoms with Gasteiger partial charge in [0.2, 0.25) is 0 Å². The molecule has 1 saturated carbocycles. The van der Waals surface area contributed by atoms with Gasteiger partial charge in [0.05, 0.1) is 12.0 Å². The maximum Gasteiger partial charge on any atom is 0.407 e. The third kappa shape index (κ3) is 7.58. The summed E-state index contributed by atoms with van der Waals surface area (Å²) in [5, 5.41) is 12.9. The molecular formula is C30H39NO4. The van der Waals surface area contributed by atoms with Crippen molar-refractivity contribution in [2.45, 2.75) is 83.3 Å². The standard InChI is InChI=1S/C30H39NO4/c32-29(33)26-12-5-4-8-22-11-6-15-27(20-22)28(19-18-25-14-7-13-24(25)16-17-26)31-30(34)35-21-23-9-2-1-3-10-23/h1-3,6,9-11,15,20,24-26,28H,4-5,7-8,12-14,16-19,21H2,(H,31,34)(H,32,33). The highest BCUT2D eigenvalue weighted by Crippen LogP contribution is 2.40. The molecule has 35 heavy (non-hydrogen) atoms. The van der Waals surface area contributed by atoms with Crippen LogP contribution < -0.4 is 5.32 Å². The van der Waals surface area contributed by atoms with Gasteiger partial charge in [-0.1, -0.05) is 80.3 Å². The summed E-state index contributed by atoms with van der Waals surface area (Å²) in [6.07, 6.45) is 10.6. The number of fused-ring (bicyclic) bond motifs is 3. The van der Waals surface area contributed by atoms with Gasteiger partial charge in [0.1, 0.15) is 6.61 Å². The maximum absolute atomic E-state index is 12.7. The van der Waals surface area contributed by atoms with E-state index in [4.69, 9.17) is 4.74 Å². The molecule has 2 aromatic carbocycles. The Balaban J connectivity index is 1.46. The van der Waals surface area contributed by atoms with Crippen LogP contribution in [0.5, 0.6) is 0 Å². The summed E-state index contributed by atoms with van der Waals surface area (Å²) < 4.78 is 5.54. The van der Waals surface area contributed by atoms with E-state index in [2.05, 4.69) is 29.6 Å². The number of alkyl carbamates (subject to hydrolysis) is 1. The van der Waals surface area contributed by atoms with E-state index in [0.29, 0.717) is 11.8 Å². The second kappa shape index (κ2) is 12.8. The second-order valence-corrected chi connectivity index (χ2v) is 10.4. The molecule has 4 atom stereocenters. The largest absolute Gasteiger partial charge is 0.481 e. The average molecular weight is 478 g/mol. The van der Waals surface area contributed by atoms with Crippen LogP contribution in [0.1, 0.15) is 86.9 Å². The van der Waals surface area contributed by atoms with Crippen LogP contribution in [0.25, 0.3) is 0 Å². The summed E-state index contributed by atoms with van der Waals surface area (Å²) in [5.74, 6) is 0.340. The Morgan fingerprint density at radius 2 is 1.60 bits per heavy atom. The summed E-state index contributed by atoms with van der Waals surface area (Å²) in [7, 11) is 0. The summed E-state index contributed by atoms with van der Waals surface area (Å²) in [4.78, 5) is 24.6. The van der Waals surface area contributed by atoms with Gasteiger partial charge < -0.3 is 15.2 Å². The van der Waals surface area contributed by atoms with Crippen molar-refractivity contribution in [3.8, 4) is 0 Å². The molecule has 188 valence electrons. The van der Waals surface area contributed by atoms with Gasteiger partial charge in [-0.25, -0.2) is 4.79 Å². The van der Waals surface area contributed by atoms with Crippen molar-refractivity contribution in [2.24, 2.45) is 17.8 Å². The fourth-order valence-electron chi connectivity index (χ4n) is 5.98. The number of benzene rings is 2. The summed E-state index contributed by atoms with van der Waals surface area (Å²) in [6.45, 7) is 0.259. The van der Waals surface area contributed by atoms with Gasteiger partial charge in [-0.2, -0.15) is 0 Å². The van der Waals surface area contributed by atoms with Gasteiger partial charge in [-0.3, -0.25) is 4.79 Å². The fraction of sp³-hybridized carbons (Fsp3) is 0.533.